The fourth-order valence-corrected chi connectivity index (χ4v) is 1.06. The highest BCUT2D eigenvalue weighted by molar-refractivity contribution is 6.29. The van der Waals surface area contributed by atoms with Crippen LogP contribution in [0.15, 0.2) is 12.4 Å². The Labute approximate surface area is 92.5 Å². The van der Waals surface area contributed by atoms with E-state index in [1.165, 1.54) is 12.4 Å². The molecule has 0 bridgehead atoms. The van der Waals surface area contributed by atoms with Gasteiger partial charge in [0.15, 0.2) is 0 Å². The minimum absolute atomic E-state index is 0.0940. The van der Waals surface area contributed by atoms with E-state index in [0.717, 1.165) is 0 Å². The van der Waals surface area contributed by atoms with Crippen LogP contribution in [0.3, 0.4) is 0 Å². The number of nitrogens with zero attached hydrogens (tertiary/aromatic N) is 2. The lowest BCUT2D eigenvalue weighted by Crippen LogP contribution is -2.37. The number of aromatic nitrogens is 2. The zero-order valence-corrected chi connectivity index (χ0v) is 9.03. The fraction of sp³-hybridized carbons (Fsp3) is 0.444. The average molecular weight is 230 g/mol. The molecule has 0 aliphatic rings. The zero-order valence-electron chi connectivity index (χ0n) is 8.27. The zero-order chi connectivity index (χ0) is 11.3. The molecular weight excluding hydrogens is 218 g/mol. The highest BCUT2D eigenvalue weighted by Crippen LogP contribution is 2.01. The van der Waals surface area contributed by atoms with Crippen LogP contribution < -0.4 is 5.32 Å². The molecule has 1 aromatic heterocycles. The van der Waals surface area contributed by atoms with Gasteiger partial charge < -0.3 is 10.4 Å². The Morgan fingerprint density at radius 1 is 1.60 bits per heavy atom. The lowest BCUT2D eigenvalue weighted by Gasteiger charge is -2.12. The maximum atomic E-state index is 11.5. The van der Waals surface area contributed by atoms with Crippen LogP contribution >= 0.6 is 11.6 Å². The monoisotopic (exact) mass is 229 g/mol. The number of aliphatic hydroxyl groups is 1. The van der Waals surface area contributed by atoms with Gasteiger partial charge in [0.25, 0.3) is 5.91 Å². The first-order valence-electron chi connectivity index (χ1n) is 4.56. The molecule has 1 aromatic rings. The Morgan fingerprint density at radius 3 is 2.80 bits per heavy atom. The summed E-state index contributed by atoms with van der Waals surface area (Å²) in [6, 6.07) is -0.255. The Morgan fingerprint density at radius 2 is 2.33 bits per heavy atom. The molecule has 0 unspecified atom stereocenters. The quantitative estimate of drug-likeness (QED) is 0.794. The van der Waals surface area contributed by atoms with Gasteiger partial charge >= 0.3 is 0 Å². The molecule has 1 heterocycles. The van der Waals surface area contributed by atoms with Gasteiger partial charge in [-0.15, -0.1) is 0 Å². The summed E-state index contributed by atoms with van der Waals surface area (Å²) < 4.78 is 0. The molecule has 2 N–H and O–H groups in total. The van der Waals surface area contributed by atoms with Crippen LogP contribution in [0.5, 0.6) is 0 Å². The smallest absolute Gasteiger partial charge is 0.271 e. The molecule has 1 amide bonds. The van der Waals surface area contributed by atoms with E-state index in [1.54, 1.807) is 0 Å². The van der Waals surface area contributed by atoms with E-state index in [2.05, 4.69) is 15.3 Å². The maximum absolute atomic E-state index is 11.5. The molecule has 1 atom stereocenters. The van der Waals surface area contributed by atoms with Gasteiger partial charge in [-0.3, -0.25) is 4.79 Å². The Hall–Kier alpha value is -1.20. The van der Waals surface area contributed by atoms with E-state index in [0.29, 0.717) is 6.42 Å². The van der Waals surface area contributed by atoms with Gasteiger partial charge in [0.1, 0.15) is 10.8 Å². The summed E-state index contributed by atoms with van der Waals surface area (Å²) >= 11 is 5.53. The van der Waals surface area contributed by atoms with Crippen LogP contribution in [0.2, 0.25) is 5.15 Å². The van der Waals surface area contributed by atoms with E-state index in [9.17, 15) is 4.79 Å². The summed E-state index contributed by atoms with van der Waals surface area (Å²) in [6.07, 6.45) is 3.25. The third-order valence-corrected chi connectivity index (χ3v) is 2.10. The normalized spacial score (nSPS) is 12.2. The molecule has 0 aliphatic heterocycles. The van der Waals surface area contributed by atoms with Crippen LogP contribution in [-0.2, 0) is 0 Å². The van der Waals surface area contributed by atoms with Crippen molar-refractivity contribution in [1.29, 1.82) is 0 Å². The number of carbonyl (C=O) groups excluding carboxylic acids is 1. The van der Waals surface area contributed by atoms with Crippen molar-refractivity contribution in [3.05, 3.63) is 23.2 Å². The maximum Gasteiger partial charge on any atom is 0.271 e. The van der Waals surface area contributed by atoms with Crippen LogP contribution in [0.4, 0.5) is 0 Å². The second-order valence-corrected chi connectivity index (χ2v) is 3.37. The molecule has 0 radical (unpaired) electrons. The third-order valence-electron chi connectivity index (χ3n) is 1.90. The Bertz CT molecular complexity index is 325. The summed E-state index contributed by atoms with van der Waals surface area (Å²) in [7, 11) is 0. The highest BCUT2D eigenvalue weighted by Gasteiger charge is 2.12. The number of hydrogen-bond donors (Lipinski definition) is 2. The SMILES string of the molecule is CC[C@H](CO)NC(=O)c1cnc(Cl)cn1. The van der Waals surface area contributed by atoms with Gasteiger partial charge in [-0.1, -0.05) is 18.5 Å². The van der Waals surface area contributed by atoms with Gasteiger partial charge in [-0.05, 0) is 6.42 Å². The van der Waals surface area contributed by atoms with Gasteiger partial charge in [0, 0.05) is 0 Å². The minimum Gasteiger partial charge on any atom is -0.394 e. The van der Waals surface area contributed by atoms with Gasteiger partial charge in [0.2, 0.25) is 0 Å². The number of rotatable bonds is 4. The number of halogens is 1. The first-order chi connectivity index (χ1) is 7.17. The topological polar surface area (TPSA) is 75.1 Å². The van der Waals surface area contributed by atoms with Crippen LogP contribution in [0.25, 0.3) is 0 Å². The van der Waals surface area contributed by atoms with Crippen LogP contribution in [0, 0.1) is 0 Å². The molecule has 5 nitrogen and oxygen atoms in total. The van der Waals surface area contributed by atoms with Crippen molar-refractivity contribution < 1.29 is 9.90 Å². The number of hydrogen-bond acceptors (Lipinski definition) is 4. The lowest BCUT2D eigenvalue weighted by atomic mass is 10.2. The van der Waals surface area contributed by atoms with Crippen molar-refractivity contribution >= 4 is 17.5 Å². The van der Waals surface area contributed by atoms with Gasteiger partial charge in [-0.25, -0.2) is 9.97 Å². The van der Waals surface area contributed by atoms with Crippen molar-refractivity contribution in [2.24, 2.45) is 0 Å². The molecule has 0 fully saturated rings. The molecule has 6 heteroatoms. The average Bonchev–Trinajstić information content (AvgIpc) is 2.26. The number of nitrogens with one attached hydrogen (secondary N) is 1. The summed E-state index contributed by atoms with van der Waals surface area (Å²) in [5.41, 5.74) is 0.186. The second kappa shape index (κ2) is 5.63. The molecule has 0 saturated heterocycles. The summed E-state index contributed by atoms with van der Waals surface area (Å²) in [6.45, 7) is 1.78. The molecule has 0 spiro atoms. The fourth-order valence-electron chi connectivity index (χ4n) is 0.966. The summed E-state index contributed by atoms with van der Waals surface area (Å²) in [5.74, 6) is -0.361. The minimum atomic E-state index is -0.361. The Kier molecular flexibility index (Phi) is 4.45. The largest absolute Gasteiger partial charge is 0.394 e. The van der Waals surface area contributed by atoms with E-state index in [1.807, 2.05) is 6.92 Å². The van der Waals surface area contributed by atoms with E-state index in [-0.39, 0.29) is 29.4 Å². The van der Waals surface area contributed by atoms with E-state index in [4.69, 9.17) is 16.7 Å². The second-order valence-electron chi connectivity index (χ2n) is 2.99. The number of aliphatic hydroxyl groups excluding tert-OH is 1. The van der Waals surface area contributed by atoms with E-state index >= 15 is 0 Å². The molecule has 1 rings (SSSR count). The Balaban J connectivity index is 2.64. The van der Waals surface area contributed by atoms with Crippen molar-refractivity contribution in [1.82, 2.24) is 15.3 Å². The van der Waals surface area contributed by atoms with Crippen LogP contribution in [0.1, 0.15) is 23.8 Å². The standard InChI is InChI=1S/C9H12ClN3O2/c1-2-6(5-14)13-9(15)7-3-12-8(10)4-11-7/h3-4,6,14H,2,5H2,1H3,(H,13,15)/t6-/m1/s1. The van der Waals surface area contributed by atoms with Crippen molar-refractivity contribution in [3.8, 4) is 0 Å². The molecule has 82 valence electrons. The van der Waals surface area contributed by atoms with Gasteiger partial charge in [0.05, 0.1) is 25.0 Å². The molecule has 15 heavy (non-hydrogen) atoms. The summed E-state index contributed by atoms with van der Waals surface area (Å²) in [5, 5.41) is 11.7. The first-order valence-corrected chi connectivity index (χ1v) is 4.94. The lowest BCUT2D eigenvalue weighted by molar-refractivity contribution is 0.0909. The third kappa shape index (κ3) is 3.45. The molecule has 0 aromatic carbocycles. The predicted octanol–water partition coefficient (Wildman–Crippen LogP) is 0.631. The number of carbonyl (C=O) groups is 1. The van der Waals surface area contributed by atoms with Crippen molar-refractivity contribution in [2.45, 2.75) is 19.4 Å². The van der Waals surface area contributed by atoms with Crippen LogP contribution in [-0.4, -0.2) is 33.6 Å². The van der Waals surface area contributed by atoms with Crippen molar-refractivity contribution in [3.63, 3.8) is 0 Å². The molecule has 0 aliphatic carbocycles. The molecule has 0 saturated carbocycles. The predicted molar refractivity (Wildman–Crippen MR) is 55.7 cm³/mol. The first kappa shape index (κ1) is 11.9. The van der Waals surface area contributed by atoms with Crippen molar-refractivity contribution in [2.75, 3.05) is 6.61 Å². The highest BCUT2D eigenvalue weighted by atomic mass is 35.5. The summed E-state index contributed by atoms with van der Waals surface area (Å²) in [4.78, 5) is 19.1. The van der Waals surface area contributed by atoms with Gasteiger partial charge in [-0.2, -0.15) is 0 Å². The molecular formula is C9H12ClN3O2. The van der Waals surface area contributed by atoms with E-state index < -0.39 is 0 Å². The number of amides is 1.